The highest BCUT2D eigenvalue weighted by molar-refractivity contribution is 7.15. The van der Waals surface area contributed by atoms with Crippen molar-refractivity contribution in [2.75, 3.05) is 13.6 Å². The monoisotopic (exact) mass is 294 g/mol. The molecular weight excluding hydrogens is 276 g/mol. The van der Waals surface area contributed by atoms with Gasteiger partial charge in [-0.15, -0.1) is 11.3 Å². The fraction of sp³-hybridized carbons (Fsp3) is 0.429. The fourth-order valence-corrected chi connectivity index (χ4v) is 2.64. The lowest BCUT2D eigenvalue weighted by atomic mass is 10.2. The van der Waals surface area contributed by atoms with E-state index in [1.807, 2.05) is 13.0 Å². The van der Waals surface area contributed by atoms with E-state index >= 15 is 0 Å². The quantitative estimate of drug-likeness (QED) is 0.920. The summed E-state index contributed by atoms with van der Waals surface area (Å²) < 4.78 is 5.30. The van der Waals surface area contributed by atoms with Crippen LogP contribution < -0.4 is 0 Å². The van der Waals surface area contributed by atoms with Gasteiger partial charge in [0.15, 0.2) is 10.8 Å². The van der Waals surface area contributed by atoms with Crippen LogP contribution in [0.2, 0.25) is 0 Å². The summed E-state index contributed by atoms with van der Waals surface area (Å²) in [5, 5.41) is 9.98. The van der Waals surface area contributed by atoms with Crippen molar-refractivity contribution in [2.45, 2.75) is 26.4 Å². The molecule has 1 amide bonds. The number of amides is 1. The third kappa shape index (κ3) is 3.26. The maximum Gasteiger partial charge on any atom is 0.273 e. The van der Waals surface area contributed by atoms with Crippen molar-refractivity contribution >= 4 is 17.2 Å². The maximum atomic E-state index is 12.3. The number of hydrogen-bond acceptors (Lipinski definition) is 5. The first-order chi connectivity index (χ1) is 9.49. The molecule has 108 valence electrons. The van der Waals surface area contributed by atoms with E-state index in [9.17, 15) is 9.90 Å². The molecule has 20 heavy (non-hydrogen) atoms. The molecule has 1 unspecified atom stereocenters. The zero-order valence-corrected chi connectivity index (χ0v) is 12.6. The topological polar surface area (TPSA) is 66.6 Å². The molecule has 6 heteroatoms. The molecule has 2 aromatic heterocycles. The minimum absolute atomic E-state index is 0.128. The molecule has 1 atom stereocenters. The molecule has 2 heterocycles. The van der Waals surface area contributed by atoms with Crippen molar-refractivity contribution in [3.05, 3.63) is 29.0 Å². The highest BCUT2D eigenvalue weighted by atomic mass is 32.1. The normalized spacial score (nSPS) is 12.4. The minimum atomic E-state index is -0.416. The highest BCUT2D eigenvalue weighted by Crippen LogP contribution is 2.28. The van der Waals surface area contributed by atoms with Crippen LogP contribution in [0.5, 0.6) is 0 Å². The number of thiazole rings is 1. The van der Waals surface area contributed by atoms with Gasteiger partial charge in [-0.2, -0.15) is 0 Å². The molecule has 1 N–H and O–H groups in total. The molecule has 0 aromatic carbocycles. The minimum Gasteiger partial charge on any atom is -0.462 e. The first-order valence-corrected chi connectivity index (χ1v) is 7.25. The molecule has 2 rings (SSSR count). The van der Waals surface area contributed by atoms with Gasteiger partial charge in [0.05, 0.1) is 12.4 Å². The lowest BCUT2D eigenvalue weighted by molar-refractivity contribution is 0.0763. The number of hydrogen-bond donors (Lipinski definition) is 1. The second-order valence-electron chi connectivity index (χ2n) is 4.77. The van der Waals surface area contributed by atoms with Crippen molar-refractivity contribution < 1.29 is 14.3 Å². The van der Waals surface area contributed by atoms with Crippen molar-refractivity contribution in [1.29, 1.82) is 0 Å². The van der Waals surface area contributed by atoms with Crippen LogP contribution in [0.15, 0.2) is 22.8 Å². The summed E-state index contributed by atoms with van der Waals surface area (Å²) in [6.07, 6.45) is 1.72. The zero-order valence-electron chi connectivity index (χ0n) is 11.8. The molecule has 0 bridgehead atoms. The number of nitrogens with zero attached hydrogens (tertiary/aromatic N) is 2. The van der Waals surface area contributed by atoms with E-state index in [1.165, 1.54) is 11.3 Å². The summed E-state index contributed by atoms with van der Waals surface area (Å²) in [5.74, 6) is 0.543. The van der Waals surface area contributed by atoms with Crippen LogP contribution in [0.3, 0.4) is 0 Å². The second-order valence-corrected chi connectivity index (χ2v) is 5.97. The van der Waals surface area contributed by atoms with E-state index in [-0.39, 0.29) is 5.91 Å². The number of aliphatic hydroxyl groups excluding tert-OH is 1. The first kappa shape index (κ1) is 14.7. The standard InChI is InChI=1S/C14H18N2O3S/c1-9(17)6-7-16(3)14(18)12-10(2)20-13(15-12)11-5-4-8-19-11/h4-5,8-9,17H,6-7H2,1-3H3. The van der Waals surface area contributed by atoms with E-state index in [0.29, 0.717) is 29.4 Å². The average Bonchev–Trinajstić information content (AvgIpc) is 3.03. The molecule has 0 aliphatic heterocycles. The van der Waals surface area contributed by atoms with E-state index in [4.69, 9.17) is 4.42 Å². The van der Waals surface area contributed by atoms with Crippen molar-refractivity contribution in [3.8, 4) is 10.8 Å². The lowest BCUT2D eigenvalue weighted by Crippen LogP contribution is -2.30. The van der Waals surface area contributed by atoms with Crippen LogP contribution in [-0.2, 0) is 0 Å². The number of carbonyl (C=O) groups is 1. The van der Waals surface area contributed by atoms with Crippen LogP contribution in [0.4, 0.5) is 0 Å². The molecule has 0 aliphatic rings. The Labute approximate surface area is 121 Å². The van der Waals surface area contributed by atoms with E-state index in [1.54, 1.807) is 31.2 Å². The summed E-state index contributed by atoms with van der Waals surface area (Å²) in [6.45, 7) is 4.09. The second kappa shape index (κ2) is 6.19. The van der Waals surface area contributed by atoms with Gasteiger partial charge in [-0.3, -0.25) is 4.79 Å². The number of rotatable bonds is 5. The molecule has 0 saturated heterocycles. The highest BCUT2D eigenvalue weighted by Gasteiger charge is 2.20. The third-order valence-electron chi connectivity index (χ3n) is 2.96. The molecule has 2 aromatic rings. The van der Waals surface area contributed by atoms with Gasteiger partial charge >= 0.3 is 0 Å². The van der Waals surface area contributed by atoms with Gasteiger partial charge in [-0.25, -0.2) is 4.98 Å². The van der Waals surface area contributed by atoms with Gasteiger partial charge < -0.3 is 14.4 Å². The largest absolute Gasteiger partial charge is 0.462 e. The Hall–Kier alpha value is -1.66. The van der Waals surface area contributed by atoms with Crippen LogP contribution in [-0.4, -0.2) is 40.6 Å². The summed E-state index contributed by atoms with van der Waals surface area (Å²) in [4.78, 5) is 19.1. The van der Waals surface area contributed by atoms with Crippen molar-refractivity contribution in [1.82, 2.24) is 9.88 Å². The van der Waals surface area contributed by atoms with Crippen LogP contribution in [0, 0.1) is 6.92 Å². The Morgan fingerprint density at radius 2 is 2.35 bits per heavy atom. The van der Waals surface area contributed by atoms with Gasteiger partial charge in [0.1, 0.15) is 5.69 Å². The van der Waals surface area contributed by atoms with E-state index in [0.717, 1.165) is 4.88 Å². The number of aryl methyl sites for hydroxylation is 1. The SMILES string of the molecule is Cc1sc(-c2ccco2)nc1C(=O)N(C)CCC(C)O. The summed E-state index contributed by atoms with van der Waals surface area (Å²) in [5.41, 5.74) is 0.453. The molecule has 0 radical (unpaired) electrons. The van der Waals surface area contributed by atoms with Gasteiger partial charge in [0.2, 0.25) is 0 Å². The molecule has 0 aliphatic carbocycles. The predicted molar refractivity (Wildman–Crippen MR) is 77.8 cm³/mol. The zero-order chi connectivity index (χ0) is 14.7. The molecular formula is C14H18N2O3S. The Kier molecular flexibility index (Phi) is 4.57. The van der Waals surface area contributed by atoms with E-state index in [2.05, 4.69) is 4.98 Å². The lowest BCUT2D eigenvalue weighted by Gasteiger charge is -2.17. The molecule has 0 saturated carbocycles. The van der Waals surface area contributed by atoms with Crippen LogP contribution in [0.25, 0.3) is 10.8 Å². The Morgan fingerprint density at radius 1 is 1.60 bits per heavy atom. The number of furan rings is 1. The Bertz CT molecular complexity index is 575. The summed E-state index contributed by atoms with van der Waals surface area (Å²) in [7, 11) is 1.72. The van der Waals surface area contributed by atoms with Gasteiger partial charge in [0.25, 0.3) is 5.91 Å². The van der Waals surface area contributed by atoms with Gasteiger partial charge in [-0.05, 0) is 32.4 Å². The van der Waals surface area contributed by atoms with Crippen LogP contribution in [0.1, 0.15) is 28.7 Å². The number of aliphatic hydroxyl groups is 1. The summed E-state index contributed by atoms with van der Waals surface area (Å²) in [6, 6.07) is 3.62. The molecule has 0 fully saturated rings. The number of carbonyl (C=O) groups excluding carboxylic acids is 1. The van der Waals surface area contributed by atoms with Gasteiger partial charge in [0, 0.05) is 18.5 Å². The fourth-order valence-electron chi connectivity index (χ4n) is 1.76. The Morgan fingerprint density at radius 3 is 2.95 bits per heavy atom. The third-order valence-corrected chi connectivity index (χ3v) is 3.95. The molecule has 0 spiro atoms. The first-order valence-electron chi connectivity index (χ1n) is 6.44. The predicted octanol–water partition coefficient (Wildman–Crippen LogP) is 2.55. The molecule has 5 nitrogen and oxygen atoms in total. The number of aromatic nitrogens is 1. The smallest absolute Gasteiger partial charge is 0.273 e. The maximum absolute atomic E-state index is 12.3. The van der Waals surface area contributed by atoms with Gasteiger partial charge in [-0.1, -0.05) is 0 Å². The Balaban J connectivity index is 2.14. The summed E-state index contributed by atoms with van der Waals surface area (Å²) >= 11 is 1.44. The van der Waals surface area contributed by atoms with Crippen molar-refractivity contribution in [3.63, 3.8) is 0 Å². The average molecular weight is 294 g/mol. The van der Waals surface area contributed by atoms with Crippen LogP contribution >= 0.6 is 11.3 Å². The van der Waals surface area contributed by atoms with Crippen molar-refractivity contribution in [2.24, 2.45) is 0 Å². The van der Waals surface area contributed by atoms with E-state index < -0.39 is 6.10 Å².